The van der Waals surface area contributed by atoms with E-state index in [9.17, 15) is 13.6 Å². The van der Waals surface area contributed by atoms with Crippen LogP contribution in [0.5, 0.6) is 0 Å². The monoisotopic (exact) mass is 238 g/mol. The number of rotatable bonds is 2. The lowest BCUT2D eigenvalue weighted by Crippen LogP contribution is -1.93. The van der Waals surface area contributed by atoms with Crippen molar-refractivity contribution in [3.05, 3.63) is 53.0 Å². The lowest BCUT2D eigenvalue weighted by Gasteiger charge is -2.03. The quantitative estimate of drug-likeness (QED) is 0.742. The van der Waals surface area contributed by atoms with Gasteiger partial charge in [-0.3, -0.25) is 0 Å². The van der Waals surface area contributed by atoms with E-state index in [-0.39, 0.29) is 11.5 Å². The van der Waals surface area contributed by atoms with Crippen molar-refractivity contribution < 1.29 is 23.0 Å². The number of hydrogen-bond acceptors (Lipinski definition) is 3. The summed E-state index contributed by atoms with van der Waals surface area (Å²) in [5.41, 5.74) is 0.372. The molecule has 0 aromatic heterocycles. The zero-order valence-electron chi connectivity index (χ0n) is 8.87. The fourth-order valence-electron chi connectivity index (χ4n) is 1.38. The van der Waals surface area contributed by atoms with Gasteiger partial charge in [0.2, 0.25) is 0 Å². The van der Waals surface area contributed by atoms with E-state index in [0.717, 1.165) is 12.1 Å². The molecule has 0 fully saturated rings. The Morgan fingerprint density at radius 1 is 1.29 bits per heavy atom. The van der Waals surface area contributed by atoms with Crippen molar-refractivity contribution in [1.29, 1.82) is 0 Å². The molecule has 0 unspecified atom stereocenters. The molecule has 1 aliphatic rings. The lowest BCUT2D eigenvalue weighted by atomic mass is 10.2. The zero-order valence-corrected chi connectivity index (χ0v) is 8.87. The van der Waals surface area contributed by atoms with E-state index in [2.05, 4.69) is 0 Å². The number of hydrogen-bond donors (Lipinski definition) is 0. The molecule has 1 heterocycles. The minimum Gasteiger partial charge on any atom is -0.493 e. The largest absolute Gasteiger partial charge is 0.493 e. The highest BCUT2D eigenvalue weighted by atomic mass is 19.2. The van der Waals surface area contributed by atoms with Crippen LogP contribution in [0.1, 0.15) is 5.56 Å². The van der Waals surface area contributed by atoms with E-state index in [1.54, 1.807) is 0 Å². The van der Waals surface area contributed by atoms with Gasteiger partial charge in [-0.15, -0.1) is 0 Å². The minimum absolute atomic E-state index is 0.170. The molecule has 0 aliphatic carbocycles. The second-order valence-corrected chi connectivity index (χ2v) is 3.32. The van der Waals surface area contributed by atoms with Gasteiger partial charge in [0, 0.05) is 0 Å². The molecule has 2 rings (SSSR count). The Morgan fingerprint density at radius 3 is 2.71 bits per heavy atom. The third kappa shape index (κ3) is 2.33. The molecule has 0 N–H and O–H groups in total. The summed E-state index contributed by atoms with van der Waals surface area (Å²) in [6.07, 6.45) is 2.56. The normalized spacial score (nSPS) is 17.0. The van der Waals surface area contributed by atoms with Crippen LogP contribution < -0.4 is 0 Å². The molecule has 1 aromatic carbocycles. The van der Waals surface area contributed by atoms with E-state index in [0.29, 0.717) is 5.56 Å². The Morgan fingerprint density at radius 2 is 2.06 bits per heavy atom. The first-order chi connectivity index (χ1) is 8.10. The molecule has 0 saturated carbocycles. The number of halogens is 2. The highest BCUT2D eigenvalue weighted by molar-refractivity contribution is 5.89. The molecular formula is C12H8F2O3. The van der Waals surface area contributed by atoms with Gasteiger partial charge in [0.05, 0.1) is 13.2 Å². The van der Waals surface area contributed by atoms with Crippen molar-refractivity contribution >= 4 is 12.0 Å². The van der Waals surface area contributed by atoms with Crippen molar-refractivity contribution in [2.45, 2.75) is 0 Å². The van der Waals surface area contributed by atoms with E-state index in [4.69, 9.17) is 9.47 Å². The first kappa shape index (κ1) is 11.3. The Kier molecular flexibility index (Phi) is 2.91. The second-order valence-electron chi connectivity index (χ2n) is 3.32. The summed E-state index contributed by atoms with van der Waals surface area (Å²) in [5.74, 6) is -2.04. The molecule has 0 atom stereocenters. The predicted molar refractivity (Wildman–Crippen MR) is 55.5 cm³/mol. The molecule has 1 aliphatic heterocycles. The summed E-state index contributed by atoms with van der Waals surface area (Å²) in [7, 11) is 1.38. The summed E-state index contributed by atoms with van der Waals surface area (Å²) >= 11 is 0. The van der Waals surface area contributed by atoms with Gasteiger partial charge < -0.3 is 9.47 Å². The maximum absolute atomic E-state index is 13.0. The first-order valence-corrected chi connectivity index (χ1v) is 4.75. The Bertz CT molecular complexity index is 533. The molecule has 0 spiro atoms. The van der Waals surface area contributed by atoms with Gasteiger partial charge in [0.25, 0.3) is 0 Å². The molecule has 1 aromatic rings. The Labute approximate surface area is 96.0 Å². The van der Waals surface area contributed by atoms with Crippen LogP contribution in [0.2, 0.25) is 0 Å². The van der Waals surface area contributed by atoms with Crippen molar-refractivity contribution in [3.63, 3.8) is 0 Å². The van der Waals surface area contributed by atoms with Crippen molar-refractivity contribution in [1.82, 2.24) is 0 Å². The zero-order chi connectivity index (χ0) is 12.4. The number of methoxy groups -OCH3 is 1. The van der Waals surface area contributed by atoms with Crippen LogP contribution in [0.3, 0.4) is 0 Å². The van der Waals surface area contributed by atoms with Crippen LogP contribution in [0, 0.1) is 11.6 Å². The van der Waals surface area contributed by atoms with Gasteiger partial charge in [-0.1, -0.05) is 6.07 Å². The summed E-state index contributed by atoms with van der Waals surface area (Å²) < 4.78 is 35.4. The summed E-state index contributed by atoms with van der Waals surface area (Å²) in [5, 5.41) is 0. The summed E-state index contributed by atoms with van der Waals surface area (Å²) in [6, 6.07) is 3.36. The highest BCUT2D eigenvalue weighted by Crippen LogP contribution is 2.23. The third-order valence-electron chi connectivity index (χ3n) is 2.16. The van der Waals surface area contributed by atoms with Crippen LogP contribution in [-0.4, -0.2) is 13.1 Å². The van der Waals surface area contributed by atoms with Gasteiger partial charge in [-0.05, 0) is 23.8 Å². The number of carbonyl (C=O) groups is 1. The van der Waals surface area contributed by atoms with E-state index in [1.807, 2.05) is 0 Å². The van der Waals surface area contributed by atoms with Crippen LogP contribution in [0.25, 0.3) is 6.08 Å². The van der Waals surface area contributed by atoms with Crippen LogP contribution in [0.4, 0.5) is 8.78 Å². The van der Waals surface area contributed by atoms with Crippen LogP contribution >= 0.6 is 0 Å². The van der Waals surface area contributed by atoms with E-state index >= 15 is 0 Å². The van der Waals surface area contributed by atoms with Gasteiger partial charge >= 0.3 is 5.97 Å². The minimum atomic E-state index is -0.966. The highest BCUT2D eigenvalue weighted by Gasteiger charge is 2.20. The number of carbonyl (C=O) groups excluding carboxylic acids is 1. The molecule has 17 heavy (non-hydrogen) atoms. The molecule has 0 amide bonds. The number of benzene rings is 1. The van der Waals surface area contributed by atoms with E-state index < -0.39 is 17.6 Å². The molecule has 5 heteroatoms. The first-order valence-electron chi connectivity index (χ1n) is 4.75. The van der Waals surface area contributed by atoms with Gasteiger partial charge in [-0.25, -0.2) is 13.6 Å². The molecule has 0 saturated heterocycles. The standard InChI is InChI=1S/C12H8F2O3/c1-16-10-6-12(15)17-11(10)5-7-2-3-8(13)9(14)4-7/h2-6H,1H3/b11-5-. The number of ether oxygens (including phenoxy) is 2. The maximum Gasteiger partial charge on any atom is 0.340 e. The Balaban J connectivity index is 2.33. The topological polar surface area (TPSA) is 35.5 Å². The molecule has 0 radical (unpaired) electrons. The van der Waals surface area contributed by atoms with Gasteiger partial charge in [0.15, 0.2) is 23.2 Å². The fourth-order valence-corrected chi connectivity index (χ4v) is 1.38. The third-order valence-corrected chi connectivity index (χ3v) is 2.16. The Hall–Kier alpha value is -2.17. The SMILES string of the molecule is COC1=CC(=O)O/C1=C\c1ccc(F)c(F)c1. The maximum atomic E-state index is 13.0. The van der Waals surface area contributed by atoms with Crippen molar-refractivity contribution in [2.24, 2.45) is 0 Å². The lowest BCUT2D eigenvalue weighted by molar-refractivity contribution is -0.132. The molecule has 88 valence electrons. The van der Waals surface area contributed by atoms with Crippen LogP contribution in [0.15, 0.2) is 35.8 Å². The molecule has 3 nitrogen and oxygen atoms in total. The summed E-state index contributed by atoms with van der Waals surface area (Å²) in [4.78, 5) is 11.0. The van der Waals surface area contributed by atoms with Crippen LogP contribution in [-0.2, 0) is 14.3 Å². The average Bonchev–Trinajstić information content (AvgIpc) is 2.64. The average molecular weight is 238 g/mol. The van der Waals surface area contributed by atoms with Crippen molar-refractivity contribution in [2.75, 3.05) is 7.11 Å². The predicted octanol–water partition coefficient (Wildman–Crippen LogP) is 2.39. The molecule has 0 bridgehead atoms. The smallest absolute Gasteiger partial charge is 0.340 e. The fraction of sp³-hybridized carbons (Fsp3) is 0.0833. The number of esters is 1. The molecular weight excluding hydrogens is 230 g/mol. The van der Waals surface area contributed by atoms with Gasteiger partial charge in [-0.2, -0.15) is 0 Å². The number of cyclic esters (lactones) is 1. The van der Waals surface area contributed by atoms with Gasteiger partial charge in [0.1, 0.15) is 0 Å². The van der Waals surface area contributed by atoms with E-state index in [1.165, 1.54) is 25.3 Å². The van der Waals surface area contributed by atoms with Crippen molar-refractivity contribution in [3.8, 4) is 0 Å². The summed E-state index contributed by atoms with van der Waals surface area (Å²) in [6.45, 7) is 0. The second kappa shape index (κ2) is 4.37.